The zero-order valence-corrected chi connectivity index (χ0v) is 14.9. The summed E-state index contributed by atoms with van der Waals surface area (Å²) in [6.07, 6.45) is 0. The monoisotopic (exact) mass is 354 g/mol. The first-order valence-electron chi connectivity index (χ1n) is 8.45. The number of phenols is 1. The molecule has 6 heteroatoms. The maximum absolute atomic E-state index is 9.54. The Morgan fingerprint density at radius 2 is 1.73 bits per heavy atom. The Morgan fingerprint density at radius 1 is 1.00 bits per heavy atom. The molecule has 0 amide bonds. The van der Waals surface area contributed by atoms with Gasteiger partial charge in [-0.3, -0.25) is 0 Å². The molecule has 0 fully saturated rings. The maximum Gasteiger partial charge on any atom is 0.233 e. The van der Waals surface area contributed by atoms with Crippen molar-refractivity contribution in [1.29, 1.82) is 0 Å². The molecule has 1 heterocycles. The van der Waals surface area contributed by atoms with E-state index in [4.69, 9.17) is 14.2 Å². The lowest BCUT2D eigenvalue weighted by Crippen LogP contribution is -2.07. The van der Waals surface area contributed by atoms with Gasteiger partial charge in [-0.2, -0.15) is 0 Å². The van der Waals surface area contributed by atoms with Gasteiger partial charge < -0.3 is 19.3 Å². The first-order valence-corrected chi connectivity index (χ1v) is 8.45. The van der Waals surface area contributed by atoms with Gasteiger partial charge in [-0.25, -0.2) is 4.68 Å². The molecule has 0 aliphatic carbocycles. The predicted octanol–water partition coefficient (Wildman–Crippen LogP) is 3.67. The number of ether oxygens (including phenoxy) is 3. The number of aromatic hydroxyl groups is 1. The average molecular weight is 354 g/mol. The fourth-order valence-corrected chi connectivity index (χ4v) is 2.54. The lowest BCUT2D eigenvalue weighted by molar-refractivity contribution is 0.108. The van der Waals surface area contributed by atoms with Gasteiger partial charge in [0.2, 0.25) is 5.88 Å². The number of phenolic OH excluding ortho intramolecular Hbond substituents is 1. The van der Waals surface area contributed by atoms with E-state index in [0.29, 0.717) is 25.7 Å². The van der Waals surface area contributed by atoms with Gasteiger partial charge in [0.25, 0.3) is 0 Å². The van der Waals surface area contributed by atoms with E-state index < -0.39 is 0 Å². The van der Waals surface area contributed by atoms with Crippen LogP contribution >= 0.6 is 0 Å². The molecule has 1 N–H and O–H groups in total. The van der Waals surface area contributed by atoms with E-state index in [-0.39, 0.29) is 5.75 Å². The van der Waals surface area contributed by atoms with Gasteiger partial charge >= 0.3 is 0 Å². The van der Waals surface area contributed by atoms with Gasteiger partial charge in [-0.1, -0.05) is 0 Å². The van der Waals surface area contributed by atoms with Crippen molar-refractivity contribution >= 4 is 0 Å². The molecule has 0 atom stereocenters. The van der Waals surface area contributed by atoms with Crippen molar-refractivity contribution in [2.24, 2.45) is 0 Å². The summed E-state index contributed by atoms with van der Waals surface area (Å²) in [5, 5.41) is 14.1. The normalized spacial score (nSPS) is 10.7. The number of hydrogen-bond donors (Lipinski definition) is 1. The molecule has 136 valence electrons. The Hall–Kier alpha value is -2.99. The minimum Gasteiger partial charge on any atom is -0.508 e. The Kier molecular flexibility index (Phi) is 5.76. The summed E-state index contributed by atoms with van der Waals surface area (Å²) < 4.78 is 18.0. The summed E-state index contributed by atoms with van der Waals surface area (Å²) >= 11 is 0. The summed E-state index contributed by atoms with van der Waals surface area (Å²) in [6, 6.07) is 16.5. The van der Waals surface area contributed by atoms with Crippen LogP contribution in [0.15, 0.2) is 54.6 Å². The third-order valence-electron chi connectivity index (χ3n) is 3.85. The van der Waals surface area contributed by atoms with Gasteiger partial charge in [-0.05, 0) is 55.5 Å². The molecular weight excluding hydrogens is 332 g/mol. The quantitative estimate of drug-likeness (QED) is 0.625. The van der Waals surface area contributed by atoms with Gasteiger partial charge in [0, 0.05) is 18.2 Å². The lowest BCUT2D eigenvalue weighted by Gasteiger charge is -2.08. The van der Waals surface area contributed by atoms with Crippen LogP contribution in [0.5, 0.6) is 17.4 Å². The van der Waals surface area contributed by atoms with E-state index in [1.165, 1.54) is 0 Å². The van der Waals surface area contributed by atoms with Crippen LogP contribution in [-0.4, -0.2) is 41.8 Å². The zero-order chi connectivity index (χ0) is 18.4. The lowest BCUT2D eigenvalue weighted by atomic mass is 10.1. The smallest absolute Gasteiger partial charge is 0.233 e. The number of aromatic nitrogens is 2. The minimum atomic E-state index is 0.220. The summed E-state index contributed by atoms with van der Waals surface area (Å²) in [6.45, 7) is 3.55. The van der Waals surface area contributed by atoms with E-state index in [9.17, 15) is 5.11 Å². The predicted molar refractivity (Wildman–Crippen MR) is 99.2 cm³/mol. The highest BCUT2D eigenvalue weighted by molar-refractivity contribution is 5.64. The van der Waals surface area contributed by atoms with E-state index in [1.807, 2.05) is 54.1 Å². The molecule has 0 aliphatic rings. The number of hydrogen-bond acceptors (Lipinski definition) is 5. The van der Waals surface area contributed by atoms with Crippen LogP contribution in [0.3, 0.4) is 0 Å². The van der Waals surface area contributed by atoms with Gasteiger partial charge in [0.1, 0.15) is 18.1 Å². The Labute approximate surface area is 152 Å². The second-order valence-corrected chi connectivity index (χ2v) is 5.57. The Bertz CT molecular complexity index is 826. The van der Waals surface area contributed by atoms with Crippen molar-refractivity contribution in [3.05, 3.63) is 54.6 Å². The number of benzene rings is 2. The van der Waals surface area contributed by atoms with Crippen LogP contribution in [-0.2, 0) is 4.74 Å². The SMILES string of the molecule is CCOCCOc1cc(-c2ccc(O)cc2)n(-c2ccc(OC)cc2)n1. The molecular formula is C20H22N2O4. The van der Waals surface area contributed by atoms with Crippen molar-refractivity contribution in [2.45, 2.75) is 6.92 Å². The molecule has 0 unspecified atom stereocenters. The van der Waals surface area contributed by atoms with E-state index in [0.717, 1.165) is 22.7 Å². The van der Waals surface area contributed by atoms with E-state index >= 15 is 0 Å². The molecule has 0 spiro atoms. The molecule has 3 aromatic rings. The molecule has 0 radical (unpaired) electrons. The van der Waals surface area contributed by atoms with Crippen LogP contribution < -0.4 is 9.47 Å². The average Bonchev–Trinajstić information content (AvgIpc) is 3.10. The van der Waals surface area contributed by atoms with Crippen LogP contribution in [0.1, 0.15) is 6.92 Å². The molecule has 0 aliphatic heterocycles. The highest BCUT2D eigenvalue weighted by Crippen LogP contribution is 2.29. The van der Waals surface area contributed by atoms with Crippen molar-refractivity contribution < 1.29 is 19.3 Å². The van der Waals surface area contributed by atoms with Crippen molar-refractivity contribution in [2.75, 3.05) is 26.9 Å². The number of nitrogens with zero attached hydrogens (tertiary/aromatic N) is 2. The minimum absolute atomic E-state index is 0.220. The van der Waals surface area contributed by atoms with E-state index in [2.05, 4.69) is 5.10 Å². The third kappa shape index (κ3) is 4.15. The van der Waals surface area contributed by atoms with E-state index in [1.54, 1.807) is 19.2 Å². The van der Waals surface area contributed by atoms with Crippen LogP contribution in [0.2, 0.25) is 0 Å². The summed E-state index contributed by atoms with van der Waals surface area (Å²) in [4.78, 5) is 0. The largest absolute Gasteiger partial charge is 0.508 e. The molecule has 6 nitrogen and oxygen atoms in total. The molecule has 0 saturated carbocycles. The second kappa shape index (κ2) is 8.40. The topological polar surface area (TPSA) is 65.7 Å². The van der Waals surface area contributed by atoms with Crippen LogP contribution in [0.25, 0.3) is 16.9 Å². The van der Waals surface area contributed by atoms with Crippen LogP contribution in [0, 0.1) is 0 Å². The first kappa shape index (κ1) is 17.8. The standard InChI is InChI=1S/C20H22N2O4/c1-3-25-12-13-26-20-14-19(15-4-8-17(23)9-5-15)22(21-20)16-6-10-18(24-2)11-7-16/h4-11,14,23H,3,12-13H2,1-2H3. The highest BCUT2D eigenvalue weighted by Gasteiger charge is 2.13. The molecule has 0 bridgehead atoms. The highest BCUT2D eigenvalue weighted by atomic mass is 16.5. The summed E-state index contributed by atoms with van der Waals surface area (Å²) in [5.74, 6) is 1.52. The second-order valence-electron chi connectivity index (χ2n) is 5.57. The number of methoxy groups -OCH3 is 1. The number of rotatable bonds is 8. The first-order chi connectivity index (χ1) is 12.7. The fraction of sp³-hybridized carbons (Fsp3) is 0.250. The molecule has 0 saturated heterocycles. The van der Waals surface area contributed by atoms with Crippen LogP contribution in [0.4, 0.5) is 0 Å². The summed E-state index contributed by atoms with van der Waals surface area (Å²) in [5.41, 5.74) is 2.67. The Morgan fingerprint density at radius 3 is 2.38 bits per heavy atom. The molecule has 1 aromatic heterocycles. The fourth-order valence-electron chi connectivity index (χ4n) is 2.54. The molecule has 26 heavy (non-hydrogen) atoms. The molecule has 3 rings (SSSR count). The van der Waals surface area contributed by atoms with Gasteiger partial charge in [-0.15, -0.1) is 5.10 Å². The van der Waals surface area contributed by atoms with Crippen molar-refractivity contribution in [3.63, 3.8) is 0 Å². The third-order valence-corrected chi connectivity index (χ3v) is 3.85. The summed E-state index contributed by atoms with van der Waals surface area (Å²) in [7, 11) is 1.63. The Balaban J connectivity index is 1.93. The van der Waals surface area contributed by atoms with Gasteiger partial charge in [0.15, 0.2) is 0 Å². The van der Waals surface area contributed by atoms with Crippen molar-refractivity contribution in [1.82, 2.24) is 9.78 Å². The van der Waals surface area contributed by atoms with Gasteiger partial charge in [0.05, 0.1) is 25.1 Å². The molecule has 2 aromatic carbocycles. The zero-order valence-electron chi connectivity index (χ0n) is 14.9. The maximum atomic E-state index is 9.54. The van der Waals surface area contributed by atoms with Crippen molar-refractivity contribution in [3.8, 4) is 34.3 Å².